The molecule has 0 saturated carbocycles. The van der Waals surface area contributed by atoms with Crippen LogP contribution in [0.1, 0.15) is 26.4 Å². The first-order valence-corrected chi connectivity index (χ1v) is 11.9. The molecule has 3 aromatic rings. The largest absolute Gasteiger partial charge is 0.484 e. The van der Waals surface area contributed by atoms with Crippen LogP contribution >= 0.6 is 0 Å². The highest BCUT2D eigenvalue weighted by atomic mass is 32.2. The Bertz CT molecular complexity index is 1290. The number of ether oxygens (including phenoxy) is 2. The van der Waals surface area contributed by atoms with E-state index in [1.165, 1.54) is 31.4 Å². The van der Waals surface area contributed by atoms with Crippen LogP contribution in [-0.4, -0.2) is 51.4 Å². The van der Waals surface area contributed by atoms with E-state index >= 15 is 0 Å². The summed E-state index contributed by atoms with van der Waals surface area (Å²) in [6.07, 6.45) is 1.45. The van der Waals surface area contributed by atoms with Crippen molar-refractivity contribution >= 4 is 27.8 Å². The molecule has 3 rings (SSSR count). The van der Waals surface area contributed by atoms with E-state index in [1.807, 2.05) is 10.8 Å². The van der Waals surface area contributed by atoms with Crippen LogP contribution in [0.5, 0.6) is 5.75 Å². The Morgan fingerprint density at radius 3 is 2.43 bits per heavy atom. The molecule has 2 aromatic carbocycles. The van der Waals surface area contributed by atoms with Crippen LogP contribution in [-0.2, 0) is 26.0 Å². The molecule has 0 aliphatic heterocycles. The number of nitrogens with zero attached hydrogens (tertiary/aromatic N) is 1. The molecule has 0 saturated heterocycles. The molecule has 0 unspecified atom stereocenters. The molecule has 0 fully saturated rings. The van der Waals surface area contributed by atoms with Crippen LogP contribution in [0.15, 0.2) is 77.8 Å². The lowest BCUT2D eigenvalue weighted by atomic mass is 10.1. The summed E-state index contributed by atoms with van der Waals surface area (Å²) in [5, 5.41) is 2.71. The minimum Gasteiger partial charge on any atom is -0.484 e. The van der Waals surface area contributed by atoms with Gasteiger partial charge in [0.1, 0.15) is 11.4 Å². The Kier molecular flexibility index (Phi) is 8.52. The summed E-state index contributed by atoms with van der Waals surface area (Å²) >= 11 is 0. The number of methoxy groups -OCH3 is 1. The van der Waals surface area contributed by atoms with Crippen LogP contribution in [0.2, 0.25) is 0 Å². The summed E-state index contributed by atoms with van der Waals surface area (Å²) in [6, 6.07) is 17.5. The maximum atomic E-state index is 12.7. The minimum absolute atomic E-state index is 0.0154. The molecule has 0 aliphatic rings. The second-order valence-electron chi connectivity index (χ2n) is 7.21. The van der Waals surface area contributed by atoms with Crippen molar-refractivity contribution in [3.63, 3.8) is 0 Å². The van der Waals surface area contributed by atoms with Crippen molar-refractivity contribution in [2.45, 2.75) is 11.3 Å². The number of hydrogen-bond donors (Lipinski definition) is 2. The number of amides is 2. The Morgan fingerprint density at radius 2 is 1.74 bits per heavy atom. The summed E-state index contributed by atoms with van der Waals surface area (Å²) in [5.74, 6) is -1.30. The lowest BCUT2D eigenvalue weighted by molar-refractivity contribution is -0.123. The molecular formula is C24H23N3O7S. The van der Waals surface area contributed by atoms with Crippen molar-refractivity contribution in [3.8, 4) is 5.75 Å². The predicted molar refractivity (Wildman–Crippen MR) is 125 cm³/mol. The van der Waals surface area contributed by atoms with Crippen molar-refractivity contribution in [2.75, 3.05) is 20.3 Å². The molecule has 1 heterocycles. The van der Waals surface area contributed by atoms with Gasteiger partial charge in [-0.25, -0.2) is 22.9 Å². The second kappa shape index (κ2) is 11.7. The number of sulfonamides is 1. The maximum Gasteiger partial charge on any atom is 0.356 e. The second-order valence-corrected chi connectivity index (χ2v) is 8.89. The molecule has 0 bridgehead atoms. The SMILES string of the molecule is COC(=O)c1ccc(C(=O)NS(=O)(=O)c2cccc(CCNC(=O)COc3ccccc3)c2)cn1. The first-order valence-electron chi connectivity index (χ1n) is 10.4. The molecule has 0 spiro atoms. The number of rotatable bonds is 10. The van der Waals surface area contributed by atoms with E-state index in [2.05, 4.69) is 15.0 Å². The van der Waals surface area contributed by atoms with E-state index in [0.717, 1.165) is 6.20 Å². The van der Waals surface area contributed by atoms with Crippen molar-refractivity contribution in [2.24, 2.45) is 0 Å². The van der Waals surface area contributed by atoms with Crippen molar-refractivity contribution < 1.29 is 32.3 Å². The standard InChI is InChI=1S/C24H23N3O7S/c1-33-24(30)21-11-10-18(15-26-21)23(29)27-35(31,32)20-9-5-6-17(14-20)12-13-25-22(28)16-34-19-7-3-2-4-8-19/h2-11,14-15H,12-13,16H2,1H3,(H,25,28)(H,27,29). The third kappa shape index (κ3) is 7.37. The van der Waals surface area contributed by atoms with E-state index in [9.17, 15) is 22.8 Å². The first kappa shape index (κ1) is 25.4. The van der Waals surface area contributed by atoms with Gasteiger partial charge in [-0.1, -0.05) is 30.3 Å². The zero-order valence-electron chi connectivity index (χ0n) is 18.8. The fourth-order valence-corrected chi connectivity index (χ4v) is 3.97. The highest BCUT2D eigenvalue weighted by Crippen LogP contribution is 2.13. The molecule has 182 valence electrons. The first-order chi connectivity index (χ1) is 16.8. The third-order valence-electron chi connectivity index (χ3n) is 4.70. The quantitative estimate of drug-likeness (QED) is 0.404. The van der Waals surface area contributed by atoms with E-state index in [-0.39, 0.29) is 35.2 Å². The minimum atomic E-state index is -4.17. The topological polar surface area (TPSA) is 141 Å². The molecule has 0 radical (unpaired) electrons. The zero-order valence-corrected chi connectivity index (χ0v) is 19.6. The van der Waals surface area contributed by atoms with Gasteiger partial charge in [0, 0.05) is 12.7 Å². The van der Waals surface area contributed by atoms with Gasteiger partial charge in [0.25, 0.3) is 21.8 Å². The fourth-order valence-electron chi connectivity index (χ4n) is 2.92. The number of nitrogens with one attached hydrogen (secondary N) is 2. The molecule has 10 nitrogen and oxygen atoms in total. The average molecular weight is 498 g/mol. The van der Waals surface area contributed by atoms with Crippen molar-refractivity contribution in [1.82, 2.24) is 15.0 Å². The Balaban J connectivity index is 1.54. The molecule has 0 aliphatic carbocycles. The monoisotopic (exact) mass is 497 g/mol. The maximum absolute atomic E-state index is 12.7. The van der Waals surface area contributed by atoms with Gasteiger partial charge in [-0.3, -0.25) is 9.59 Å². The predicted octanol–water partition coefficient (Wildman–Crippen LogP) is 1.72. The van der Waals surface area contributed by atoms with Crippen LogP contribution in [0, 0.1) is 0 Å². The van der Waals surface area contributed by atoms with Gasteiger partial charge in [0.2, 0.25) is 0 Å². The number of benzene rings is 2. The Morgan fingerprint density at radius 1 is 0.971 bits per heavy atom. The average Bonchev–Trinajstić information content (AvgIpc) is 2.87. The molecule has 35 heavy (non-hydrogen) atoms. The highest BCUT2D eigenvalue weighted by molar-refractivity contribution is 7.90. The molecule has 1 aromatic heterocycles. The van der Waals surface area contributed by atoms with Crippen molar-refractivity contribution in [1.29, 1.82) is 0 Å². The number of aromatic nitrogens is 1. The Hall–Kier alpha value is -4.25. The lowest BCUT2D eigenvalue weighted by Crippen LogP contribution is -2.31. The number of esters is 1. The number of pyridine rings is 1. The van der Waals surface area contributed by atoms with Gasteiger partial charge < -0.3 is 14.8 Å². The van der Waals surface area contributed by atoms with Crippen LogP contribution in [0.25, 0.3) is 0 Å². The summed E-state index contributed by atoms with van der Waals surface area (Å²) in [5.41, 5.74) is 0.588. The van der Waals surface area contributed by atoms with E-state index < -0.39 is 21.9 Å². The third-order valence-corrected chi connectivity index (χ3v) is 6.03. The van der Waals surface area contributed by atoms with E-state index in [0.29, 0.717) is 17.7 Å². The van der Waals surface area contributed by atoms with Gasteiger partial charge in [0.05, 0.1) is 17.6 Å². The lowest BCUT2D eigenvalue weighted by Gasteiger charge is -2.10. The van der Waals surface area contributed by atoms with Gasteiger partial charge >= 0.3 is 5.97 Å². The van der Waals surface area contributed by atoms with E-state index in [4.69, 9.17) is 4.74 Å². The molecule has 11 heteroatoms. The normalized spacial score (nSPS) is 10.8. The zero-order chi connectivity index (χ0) is 25.3. The number of hydrogen-bond acceptors (Lipinski definition) is 8. The molecule has 2 amide bonds. The highest BCUT2D eigenvalue weighted by Gasteiger charge is 2.20. The van der Waals surface area contributed by atoms with Gasteiger partial charge in [-0.2, -0.15) is 0 Å². The van der Waals surface area contributed by atoms with E-state index in [1.54, 1.807) is 36.4 Å². The number of para-hydroxylation sites is 1. The molecule has 2 N–H and O–H groups in total. The smallest absolute Gasteiger partial charge is 0.356 e. The van der Waals surface area contributed by atoms with Gasteiger partial charge in [0.15, 0.2) is 6.61 Å². The summed E-state index contributed by atoms with van der Waals surface area (Å²) in [6.45, 7) is 0.130. The van der Waals surface area contributed by atoms with Gasteiger partial charge in [-0.15, -0.1) is 0 Å². The summed E-state index contributed by atoms with van der Waals surface area (Å²) in [4.78, 5) is 39.4. The number of carbonyl (C=O) groups is 3. The molecular weight excluding hydrogens is 474 g/mol. The summed E-state index contributed by atoms with van der Waals surface area (Å²) < 4.78 is 37.2. The fraction of sp³-hybridized carbons (Fsp3) is 0.167. The molecule has 0 atom stereocenters. The van der Waals surface area contributed by atoms with Gasteiger partial charge in [-0.05, 0) is 48.4 Å². The van der Waals surface area contributed by atoms with Crippen LogP contribution < -0.4 is 14.8 Å². The van der Waals surface area contributed by atoms with Crippen LogP contribution in [0.4, 0.5) is 0 Å². The Labute approximate surface area is 202 Å². The number of carbonyl (C=O) groups excluding carboxylic acids is 3. The summed E-state index contributed by atoms with van der Waals surface area (Å²) in [7, 11) is -2.97. The van der Waals surface area contributed by atoms with Crippen molar-refractivity contribution in [3.05, 3.63) is 89.7 Å². The van der Waals surface area contributed by atoms with Crippen LogP contribution in [0.3, 0.4) is 0 Å².